The molecule has 0 aliphatic heterocycles. The zero-order valence-electron chi connectivity index (χ0n) is 18.8. The molecule has 2 amide bonds. The Morgan fingerprint density at radius 3 is 2.45 bits per heavy atom. The predicted octanol–water partition coefficient (Wildman–Crippen LogP) is 1.46. The highest BCUT2D eigenvalue weighted by atomic mass is 16.5. The Hall–Kier alpha value is -2.16. The lowest BCUT2D eigenvalue weighted by Gasteiger charge is -2.19. The highest BCUT2D eigenvalue weighted by Gasteiger charge is 2.20. The maximum Gasteiger partial charge on any atom is 0.242 e. The minimum atomic E-state index is -0.642. The molecule has 0 aromatic heterocycles. The number of nitrogens with one attached hydrogen (secondary N) is 3. The maximum atomic E-state index is 12.6. The highest BCUT2D eigenvalue weighted by Crippen LogP contribution is 2.11. The zero-order valence-corrected chi connectivity index (χ0v) is 18.8. The summed E-state index contributed by atoms with van der Waals surface area (Å²) in [6, 6.07) is 6.01. The minimum Gasteiger partial charge on any atom is -0.508 e. The van der Waals surface area contributed by atoms with Gasteiger partial charge in [-0.15, -0.1) is 0 Å². The number of unbranched alkanes of at least 4 members (excludes halogenated alkanes) is 1. The van der Waals surface area contributed by atoms with Gasteiger partial charge in [-0.3, -0.25) is 9.59 Å². The number of nitrogens with two attached hydrogens (primary N) is 1. The van der Waals surface area contributed by atoms with Gasteiger partial charge in [0.2, 0.25) is 11.8 Å². The van der Waals surface area contributed by atoms with E-state index in [0.717, 1.165) is 57.3 Å². The third-order valence-electron chi connectivity index (χ3n) is 4.72. The van der Waals surface area contributed by atoms with Gasteiger partial charge in [-0.1, -0.05) is 19.1 Å². The zero-order chi connectivity index (χ0) is 22.7. The van der Waals surface area contributed by atoms with E-state index in [-0.39, 0.29) is 17.6 Å². The molecule has 0 bridgehead atoms. The van der Waals surface area contributed by atoms with Crippen molar-refractivity contribution < 1.29 is 19.4 Å². The van der Waals surface area contributed by atoms with Crippen LogP contribution in [0.2, 0.25) is 0 Å². The van der Waals surface area contributed by atoms with Crippen LogP contribution >= 0.6 is 0 Å². The molecule has 6 N–H and O–H groups in total. The van der Waals surface area contributed by atoms with Crippen LogP contribution in [0.5, 0.6) is 5.75 Å². The van der Waals surface area contributed by atoms with Crippen LogP contribution < -0.4 is 21.7 Å². The van der Waals surface area contributed by atoms with Crippen LogP contribution in [0, 0.1) is 0 Å². The van der Waals surface area contributed by atoms with Crippen molar-refractivity contribution in [3.05, 3.63) is 29.8 Å². The lowest BCUT2D eigenvalue weighted by atomic mass is 10.0. The summed E-state index contributed by atoms with van der Waals surface area (Å²) in [5.74, 6) is -0.175. The summed E-state index contributed by atoms with van der Waals surface area (Å²) in [5, 5.41) is 18.5. The summed E-state index contributed by atoms with van der Waals surface area (Å²) in [4.78, 5) is 24.6. The fourth-order valence-corrected chi connectivity index (χ4v) is 2.99. The molecule has 0 unspecified atom stereocenters. The van der Waals surface area contributed by atoms with E-state index in [0.29, 0.717) is 32.6 Å². The van der Waals surface area contributed by atoms with E-state index < -0.39 is 6.04 Å². The van der Waals surface area contributed by atoms with Gasteiger partial charge in [-0.25, -0.2) is 0 Å². The Labute approximate surface area is 186 Å². The number of phenolic OH excluding ortho intramolecular Hbond substituents is 1. The van der Waals surface area contributed by atoms with E-state index in [1.54, 1.807) is 24.3 Å². The van der Waals surface area contributed by atoms with Crippen molar-refractivity contribution in [3.63, 3.8) is 0 Å². The second-order valence-corrected chi connectivity index (χ2v) is 7.60. The molecule has 1 aromatic rings. The molecule has 0 fully saturated rings. The molecule has 0 saturated heterocycles. The monoisotopic (exact) mass is 436 g/mol. The van der Waals surface area contributed by atoms with Gasteiger partial charge in [0.05, 0.1) is 0 Å². The Morgan fingerprint density at radius 1 is 1.03 bits per heavy atom. The number of rotatable bonds is 18. The molecule has 1 rings (SSSR count). The van der Waals surface area contributed by atoms with Gasteiger partial charge in [0.25, 0.3) is 0 Å². The van der Waals surface area contributed by atoms with Gasteiger partial charge in [0, 0.05) is 32.6 Å². The average molecular weight is 437 g/mol. The normalized spacial score (nSPS) is 11.8. The van der Waals surface area contributed by atoms with E-state index in [9.17, 15) is 14.7 Å². The van der Waals surface area contributed by atoms with Crippen molar-refractivity contribution in [3.8, 4) is 5.75 Å². The molecule has 8 heteroatoms. The SMILES string of the molecule is CCCC(=O)N[C@H](Cc1ccc(O)cc1)C(=O)NCCCOCCCCNCCCN. The van der Waals surface area contributed by atoms with E-state index in [1.807, 2.05) is 6.92 Å². The molecule has 1 atom stereocenters. The number of carbonyl (C=O) groups excluding carboxylic acids is 2. The lowest BCUT2D eigenvalue weighted by molar-refractivity contribution is -0.129. The van der Waals surface area contributed by atoms with Gasteiger partial charge in [-0.05, 0) is 69.4 Å². The molecule has 0 heterocycles. The van der Waals surface area contributed by atoms with Gasteiger partial charge in [-0.2, -0.15) is 0 Å². The fourth-order valence-electron chi connectivity index (χ4n) is 2.99. The molecule has 0 aliphatic rings. The smallest absolute Gasteiger partial charge is 0.242 e. The number of phenols is 1. The Morgan fingerprint density at radius 2 is 1.74 bits per heavy atom. The number of carbonyl (C=O) groups is 2. The van der Waals surface area contributed by atoms with Crippen LogP contribution in [0.15, 0.2) is 24.3 Å². The van der Waals surface area contributed by atoms with Gasteiger partial charge in [0.15, 0.2) is 0 Å². The molecule has 31 heavy (non-hydrogen) atoms. The third kappa shape index (κ3) is 13.7. The number of hydrogen-bond acceptors (Lipinski definition) is 6. The number of benzene rings is 1. The summed E-state index contributed by atoms with van der Waals surface area (Å²) in [5.41, 5.74) is 6.31. The number of hydrogen-bond donors (Lipinski definition) is 5. The van der Waals surface area contributed by atoms with Crippen molar-refractivity contribution in [1.82, 2.24) is 16.0 Å². The summed E-state index contributed by atoms with van der Waals surface area (Å²) in [6.45, 7) is 6.38. The van der Waals surface area contributed by atoms with Crippen LogP contribution in [0.4, 0.5) is 0 Å². The Kier molecular flexibility index (Phi) is 15.2. The third-order valence-corrected chi connectivity index (χ3v) is 4.72. The van der Waals surface area contributed by atoms with Crippen LogP contribution in [0.1, 0.15) is 51.0 Å². The quantitative estimate of drug-likeness (QED) is 0.222. The number of aromatic hydroxyl groups is 1. The molecule has 0 aliphatic carbocycles. The molecule has 1 aromatic carbocycles. The van der Waals surface area contributed by atoms with Crippen molar-refractivity contribution >= 4 is 11.8 Å². The van der Waals surface area contributed by atoms with E-state index >= 15 is 0 Å². The summed E-state index contributed by atoms with van der Waals surface area (Å²) >= 11 is 0. The molecular weight excluding hydrogens is 396 g/mol. The van der Waals surface area contributed by atoms with E-state index in [2.05, 4.69) is 16.0 Å². The van der Waals surface area contributed by atoms with Crippen molar-refractivity contribution in [2.24, 2.45) is 5.73 Å². The largest absolute Gasteiger partial charge is 0.508 e. The number of amides is 2. The minimum absolute atomic E-state index is 0.137. The number of ether oxygens (including phenoxy) is 1. The second kappa shape index (κ2) is 17.5. The molecule has 8 nitrogen and oxygen atoms in total. The van der Waals surface area contributed by atoms with E-state index in [4.69, 9.17) is 10.5 Å². The topological polar surface area (TPSA) is 126 Å². The van der Waals surface area contributed by atoms with E-state index in [1.165, 1.54) is 0 Å². The lowest BCUT2D eigenvalue weighted by Crippen LogP contribution is -2.48. The first-order valence-corrected chi connectivity index (χ1v) is 11.4. The Bertz CT molecular complexity index is 610. The summed E-state index contributed by atoms with van der Waals surface area (Å²) in [7, 11) is 0. The standard InChI is InChI=1S/C23H40N4O4/c1-2-7-22(29)27-21(18-19-8-10-20(28)11-9-19)23(30)26-15-6-17-31-16-4-3-13-25-14-5-12-24/h8-11,21,25,28H,2-7,12-18,24H2,1H3,(H,26,30)(H,27,29)/t21-/m1/s1. The second-order valence-electron chi connectivity index (χ2n) is 7.60. The molecular formula is C23H40N4O4. The average Bonchev–Trinajstić information content (AvgIpc) is 2.75. The predicted molar refractivity (Wildman–Crippen MR) is 123 cm³/mol. The Balaban J connectivity index is 2.25. The molecule has 0 spiro atoms. The molecule has 0 radical (unpaired) electrons. The van der Waals surface area contributed by atoms with Gasteiger partial charge >= 0.3 is 0 Å². The van der Waals surface area contributed by atoms with Crippen LogP contribution in [-0.2, 0) is 20.7 Å². The van der Waals surface area contributed by atoms with Gasteiger partial charge < -0.3 is 31.5 Å². The van der Waals surface area contributed by atoms with Crippen molar-refractivity contribution in [1.29, 1.82) is 0 Å². The summed E-state index contributed by atoms with van der Waals surface area (Å²) in [6.07, 6.45) is 5.26. The summed E-state index contributed by atoms with van der Waals surface area (Å²) < 4.78 is 5.61. The fraction of sp³-hybridized carbons (Fsp3) is 0.652. The maximum absolute atomic E-state index is 12.6. The van der Waals surface area contributed by atoms with Crippen molar-refractivity contribution in [2.45, 2.75) is 57.9 Å². The molecule has 0 saturated carbocycles. The van der Waals surface area contributed by atoms with Crippen LogP contribution in [0.25, 0.3) is 0 Å². The highest BCUT2D eigenvalue weighted by molar-refractivity contribution is 5.87. The van der Waals surface area contributed by atoms with Crippen LogP contribution in [0.3, 0.4) is 0 Å². The van der Waals surface area contributed by atoms with Crippen molar-refractivity contribution in [2.75, 3.05) is 39.4 Å². The first-order valence-electron chi connectivity index (χ1n) is 11.4. The van der Waals surface area contributed by atoms with Gasteiger partial charge in [0.1, 0.15) is 11.8 Å². The molecule has 176 valence electrons. The first kappa shape index (κ1) is 26.9. The van der Waals surface area contributed by atoms with Crippen LogP contribution in [-0.4, -0.2) is 62.4 Å². The first-order chi connectivity index (χ1) is 15.1.